The zero-order chi connectivity index (χ0) is 19.1. The van der Waals surface area contributed by atoms with E-state index in [0.717, 1.165) is 0 Å². The lowest BCUT2D eigenvalue weighted by Crippen LogP contribution is -2.36. The molecule has 11 heteroatoms. The molecule has 0 bridgehead atoms. The first-order valence-corrected chi connectivity index (χ1v) is 9.51. The van der Waals surface area contributed by atoms with E-state index in [9.17, 15) is 27.1 Å². The van der Waals surface area contributed by atoms with E-state index < -0.39 is 46.3 Å². The van der Waals surface area contributed by atoms with Crippen molar-refractivity contribution in [3.05, 3.63) is 23.0 Å². The standard InChI is InChI=1S/C15H18F3N3O4S/c16-12(17)3-4-19-9-2-1-8-5-11(22)15(14(18)10(8)6-9)21-7-13(23)20-26(21,24)25/h5,9,12,19,22H,1-4,6-7H2,(H,20,23). The van der Waals surface area contributed by atoms with E-state index in [4.69, 9.17) is 0 Å². The van der Waals surface area contributed by atoms with E-state index in [1.54, 1.807) is 4.72 Å². The third-order valence-electron chi connectivity index (χ3n) is 4.49. The van der Waals surface area contributed by atoms with Crippen LogP contribution in [0.4, 0.5) is 18.9 Å². The van der Waals surface area contributed by atoms with Crippen LogP contribution in [0.1, 0.15) is 24.0 Å². The van der Waals surface area contributed by atoms with Crippen LogP contribution in [0.3, 0.4) is 0 Å². The van der Waals surface area contributed by atoms with Gasteiger partial charge in [0, 0.05) is 19.0 Å². The molecule has 2 aliphatic rings. The number of amides is 1. The second-order valence-electron chi connectivity index (χ2n) is 6.31. The number of hydrogen-bond donors (Lipinski definition) is 3. The quantitative estimate of drug-likeness (QED) is 0.688. The molecule has 1 aliphatic heterocycles. The van der Waals surface area contributed by atoms with Crippen molar-refractivity contribution in [2.45, 2.75) is 38.2 Å². The Labute approximate surface area is 148 Å². The van der Waals surface area contributed by atoms with Crippen molar-refractivity contribution in [3.8, 4) is 5.75 Å². The van der Waals surface area contributed by atoms with Gasteiger partial charge < -0.3 is 10.4 Å². The smallest absolute Gasteiger partial charge is 0.326 e. The Kier molecular flexibility index (Phi) is 5.02. The molecular weight excluding hydrogens is 375 g/mol. The van der Waals surface area contributed by atoms with Gasteiger partial charge in [-0.2, -0.15) is 8.42 Å². The van der Waals surface area contributed by atoms with Gasteiger partial charge in [0.15, 0.2) is 5.82 Å². The maximum absolute atomic E-state index is 15.0. The number of fused-ring (bicyclic) bond motifs is 1. The molecule has 26 heavy (non-hydrogen) atoms. The lowest BCUT2D eigenvalue weighted by Gasteiger charge is -2.28. The highest BCUT2D eigenvalue weighted by molar-refractivity contribution is 7.92. The fourth-order valence-electron chi connectivity index (χ4n) is 3.29. The second kappa shape index (κ2) is 6.95. The van der Waals surface area contributed by atoms with Gasteiger partial charge in [0.1, 0.15) is 18.0 Å². The first kappa shape index (κ1) is 18.8. The molecular formula is C15H18F3N3O4S. The van der Waals surface area contributed by atoms with Crippen LogP contribution >= 0.6 is 0 Å². The van der Waals surface area contributed by atoms with E-state index in [-0.39, 0.29) is 31.0 Å². The minimum absolute atomic E-state index is 0.0865. The fraction of sp³-hybridized carbons (Fsp3) is 0.533. The van der Waals surface area contributed by atoms with E-state index in [1.807, 2.05) is 0 Å². The largest absolute Gasteiger partial charge is 0.506 e. The first-order valence-electron chi connectivity index (χ1n) is 8.07. The molecule has 0 spiro atoms. The molecule has 3 rings (SSSR count). The molecule has 0 saturated carbocycles. The Hall–Kier alpha value is -2.01. The van der Waals surface area contributed by atoms with Gasteiger partial charge in [-0.05, 0) is 36.5 Å². The van der Waals surface area contributed by atoms with Gasteiger partial charge in [-0.1, -0.05) is 0 Å². The van der Waals surface area contributed by atoms with Crippen molar-refractivity contribution in [2.75, 3.05) is 17.4 Å². The van der Waals surface area contributed by atoms with Crippen molar-refractivity contribution >= 4 is 21.8 Å². The van der Waals surface area contributed by atoms with Gasteiger partial charge in [-0.25, -0.2) is 22.2 Å². The second-order valence-corrected chi connectivity index (χ2v) is 7.90. The normalized spacial score (nSPS) is 21.8. The highest BCUT2D eigenvalue weighted by atomic mass is 32.2. The molecule has 1 fully saturated rings. The number of alkyl halides is 2. The molecule has 1 unspecified atom stereocenters. The van der Waals surface area contributed by atoms with Gasteiger partial charge >= 0.3 is 10.2 Å². The van der Waals surface area contributed by atoms with E-state index >= 15 is 4.39 Å². The van der Waals surface area contributed by atoms with Crippen LogP contribution in [-0.4, -0.2) is 45.0 Å². The molecule has 1 amide bonds. The summed E-state index contributed by atoms with van der Waals surface area (Å²) < 4.78 is 65.6. The number of nitrogens with zero attached hydrogens (tertiary/aromatic N) is 1. The SMILES string of the molecule is O=C1CN(c2c(O)cc3c(c2F)CC(NCCC(F)F)CC3)S(=O)(=O)N1. The summed E-state index contributed by atoms with van der Waals surface area (Å²) in [5, 5.41) is 13.1. The number of aromatic hydroxyl groups is 1. The topological polar surface area (TPSA) is 98.7 Å². The number of nitrogens with one attached hydrogen (secondary N) is 2. The first-order chi connectivity index (χ1) is 12.2. The molecule has 0 aromatic heterocycles. The van der Waals surface area contributed by atoms with Crippen LogP contribution < -0.4 is 14.3 Å². The minimum atomic E-state index is -4.26. The summed E-state index contributed by atoms with van der Waals surface area (Å²) >= 11 is 0. The van der Waals surface area contributed by atoms with Crippen LogP contribution in [0.5, 0.6) is 5.75 Å². The average molecular weight is 393 g/mol. The summed E-state index contributed by atoms with van der Waals surface area (Å²) in [6.45, 7) is -0.537. The molecule has 1 aromatic rings. The summed E-state index contributed by atoms with van der Waals surface area (Å²) in [7, 11) is -4.26. The number of anilines is 1. The predicted octanol–water partition coefficient (Wildman–Crippen LogP) is 0.814. The zero-order valence-corrected chi connectivity index (χ0v) is 14.5. The Morgan fingerprint density at radius 3 is 2.77 bits per heavy atom. The molecule has 1 atom stereocenters. The molecule has 1 aromatic carbocycles. The summed E-state index contributed by atoms with van der Waals surface area (Å²) in [6.07, 6.45) is -1.57. The highest BCUT2D eigenvalue weighted by Gasteiger charge is 2.39. The number of halogens is 3. The molecule has 1 saturated heterocycles. The predicted molar refractivity (Wildman–Crippen MR) is 86.9 cm³/mol. The Balaban J connectivity index is 1.88. The van der Waals surface area contributed by atoms with Crippen molar-refractivity contribution in [1.29, 1.82) is 0 Å². The van der Waals surface area contributed by atoms with Crippen LogP contribution in [0.2, 0.25) is 0 Å². The van der Waals surface area contributed by atoms with E-state index in [0.29, 0.717) is 22.7 Å². The summed E-state index contributed by atoms with van der Waals surface area (Å²) in [5.74, 6) is -2.31. The van der Waals surface area contributed by atoms with Crippen molar-refractivity contribution < 1.29 is 31.5 Å². The third-order valence-corrected chi connectivity index (χ3v) is 5.87. The number of phenols is 1. The molecule has 0 radical (unpaired) electrons. The van der Waals surface area contributed by atoms with Crippen molar-refractivity contribution in [1.82, 2.24) is 10.0 Å². The summed E-state index contributed by atoms with van der Waals surface area (Å²) in [6, 6.07) is 1.06. The van der Waals surface area contributed by atoms with Gasteiger partial charge in [0.05, 0.1) is 0 Å². The number of carbonyl (C=O) groups is 1. The third kappa shape index (κ3) is 3.58. The maximum atomic E-state index is 15.0. The van der Waals surface area contributed by atoms with Crippen LogP contribution in [0.15, 0.2) is 6.07 Å². The van der Waals surface area contributed by atoms with Gasteiger partial charge in [-0.3, -0.25) is 4.79 Å². The Morgan fingerprint density at radius 2 is 2.15 bits per heavy atom. The number of aryl methyl sites for hydroxylation is 1. The van der Waals surface area contributed by atoms with Gasteiger partial charge in [0.2, 0.25) is 6.43 Å². The molecule has 3 N–H and O–H groups in total. The van der Waals surface area contributed by atoms with E-state index in [1.165, 1.54) is 6.07 Å². The lowest BCUT2D eigenvalue weighted by atomic mass is 9.87. The molecule has 1 aliphatic carbocycles. The number of benzene rings is 1. The zero-order valence-electron chi connectivity index (χ0n) is 13.6. The lowest BCUT2D eigenvalue weighted by molar-refractivity contribution is -0.117. The number of hydrogen-bond acceptors (Lipinski definition) is 5. The highest BCUT2D eigenvalue weighted by Crippen LogP contribution is 2.39. The monoisotopic (exact) mass is 393 g/mol. The van der Waals surface area contributed by atoms with E-state index in [2.05, 4.69) is 5.32 Å². The van der Waals surface area contributed by atoms with Crippen LogP contribution in [0, 0.1) is 5.82 Å². The van der Waals surface area contributed by atoms with Gasteiger partial charge in [0.25, 0.3) is 5.91 Å². The fourth-order valence-corrected chi connectivity index (χ4v) is 4.46. The number of rotatable bonds is 5. The van der Waals surface area contributed by atoms with Crippen molar-refractivity contribution in [3.63, 3.8) is 0 Å². The van der Waals surface area contributed by atoms with Gasteiger partial charge in [-0.15, -0.1) is 0 Å². The maximum Gasteiger partial charge on any atom is 0.326 e. The molecule has 7 nitrogen and oxygen atoms in total. The average Bonchev–Trinajstić information content (AvgIpc) is 2.80. The Morgan fingerprint density at radius 1 is 1.42 bits per heavy atom. The van der Waals surface area contributed by atoms with Crippen molar-refractivity contribution in [2.24, 2.45) is 0 Å². The minimum Gasteiger partial charge on any atom is -0.506 e. The van der Waals surface area contributed by atoms with Crippen LogP contribution in [-0.2, 0) is 27.8 Å². The summed E-state index contributed by atoms with van der Waals surface area (Å²) in [5.41, 5.74) is 0.176. The molecule has 144 valence electrons. The number of carbonyl (C=O) groups excluding carboxylic acids is 1. The number of phenolic OH excluding ortho intramolecular Hbond substituents is 1. The Bertz CT molecular complexity index is 832. The van der Waals surface area contributed by atoms with Crippen LogP contribution in [0.25, 0.3) is 0 Å². The molecule has 1 heterocycles. The summed E-state index contributed by atoms with van der Waals surface area (Å²) in [4.78, 5) is 11.4.